The molecular weight excluding hydrogens is 444 g/mol. The van der Waals surface area contributed by atoms with Gasteiger partial charge in [0, 0.05) is 18.7 Å². The molecule has 2 atom stereocenters. The van der Waals surface area contributed by atoms with Crippen LogP contribution in [0.2, 0.25) is 0 Å². The summed E-state index contributed by atoms with van der Waals surface area (Å²) in [5, 5.41) is 5.00. The molecular formula is C12H13Br3N2S. The highest BCUT2D eigenvalue weighted by Gasteiger charge is 2.19. The third-order valence-electron chi connectivity index (χ3n) is 2.56. The van der Waals surface area contributed by atoms with Crippen LogP contribution in [0, 0.1) is 0 Å². The van der Waals surface area contributed by atoms with Crippen LogP contribution in [-0.4, -0.2) is 16.5 Å². The van der Waals surface area contributed by atoms with E-state index < -0.39 is 0 Å². The molecule has 2 unspecified atom stereocenters. The lowest BCUT2D eigenvalue weighted by Crippen LogP contribution is -2.23. The topological polar surface area (TPSA) is 24.4 Å². The summed E-state index contributed by atoms with van der Waals surface area (Å²) in [6, 6.07) is 4.43. The number of halogens is 3. The number of aliphatic imine (C=N–C) groups is 1. The molecule has 98 valence electrons. The summed E-state index contributed by atoms with van der Waals surface area (Å²) in [6.07, 6.45) is 1.14. The van der Waals surface area contributed by atoms with Crippen LogP contribution in [0.1, 0.15) is 20.3 Å². The molecule has 18 heavy (non-hydrogen) atoms. The van der Waals surface area contributed by atoms with E-state index in [4.69, 9.17) is 0 Å². The van der Waals surface area contributed by atoms with Gasteiger partial charge in [-0.1, -0.05) is 34.6 Å². The highest BCUT2D eigenvalue weighted by Crippen LogP contribution is 2.36. The first-order chi connectivity index (χ1) is 8.45. The Morgan fingerprint density at radius 1 is 1.22 bits per heavy atom. The summed E-state index contributed by atoms with van der Waals surface area (Å²) in [5.74, 6) is 0. The highest BCUT2D eigenvalue weighted by atomic mass is 79.9. The first-order valence-electron chi connectivity index (χ1n) is 5.61. The van der Waals surface area contributed by atoms with Crippen molar-refractivity contribution in [1.82, 2.24) is 0 Å². The predicted octanol–water partition coefficient (Wildman–Crippen LogP) is 5.66. The van der Waals surface area contributed by atoms with Gasteiger partial charge in [-0.15, -0.1) is 0 Å². The van der Waals surface area contributed by atoms with Crippen molar-refractivity contribution in [3.05, 3.63) is 25.6 Å². The first-order valence-corrected chi connectivity index (χ1v) is 8.87. The maximum absolute atomic E-state index is 4.65. The van der Waals surface area contributed by atoms with E-state index in [9.17, 15) is 0 Å². The lowest BCUT2D eigenvalue weighted by molar-refractivity contribution is 0.661. The summed E-state index contributed by atoms with van der Waals surface area (Å²) in [7, 11) is 0. The highest BCUT2D eigenvalue weighted by molar-refractivity contribution is 9.11. The fourth-order valence-corrected chi connectivity index (χ4v) is 5.45. The number of nitrogens with zero attached hydrogens (tertiary/aromatic N) is 1. The van der Waals surface area contributed by atoms with Crippen molar-refractivity contribution in [3.63, 3.8) is 0 Å². The van der Waals surface area contributed by atoms with Gasteiger partial charge in [-0.25, -0.2) is 0 Å². The standard InChI is InChI=1S/C12H13Br3N2S/c1-6-3-7(2)18-12(16-6)17-11-9(14)4-8(13)5-10(11)15/h4-7H,3H2,1-2H3,(H,16,17). The van der Waals surface area contributed by atoms with Crippen LogP contribution in [0.5, 0.6) is 0 Å². The largest absolute Gasteiger partial charge is 0.333 e. The average Bonchev–Trinajstić information content (AvgIpc) is 2.22. The van der Waals surface area contributed by atoms with Crippen LogP contribution in [0.3, 0.4) is 0 Å². The molecule has 0 aliphatic carbocycles. The van der Waals surface area contributed by atoms with Gasteiger partial charge in [-0.3, -0.25) is 4.99 Å². The molecule has 2 rings (SSSR count). The molecule has 0 saturated heterocycles. The normalized spacial score (nSPS) is 23.7. The van der Waals surface area contributed by atoms with Crippen LogP contribution >= 0.6 is 59.6 Å². The van der Waals surface area contributed by atoms with E-state index >= 15 is 0 Å². The minimum absolute atomic E-state index is 0.386. The molecule has 1 heterocycles. The maximum Gasteiger partial charge on any atom is 0.161 e. The van der Waals surface area contributed by atoms with E-state index in [0.717, 1.165) is 30.7 Å². The van der Waals surface area contributed by atoms with E-state index in [2.05, 4.69) is 71.9 Å². The maximum atomic E-state index is 4.65. The molecule has 1 aromatic rings. The second kappa shape index (κ2) is 6.29. The summed E-state index contributed by atoms with van der Waals surface area (Å²) in [6.45, 7) is 4.40. The number of thioether (sulfide) groups is 1. The number of rotatable bonds is 1. The van der Waals surface area contributed by atoms with Gasteiger partial charge in [-0.05, 0) is 57.3 Å². The van der Waals surface area contributed by atoms with Crippen molar-refractivity contribution in [2.24, 2.45) is 4.99 Å². The summed E-state index contributed by atoms with van der Waals surface area (Å²) < 4.78 is 3.06. The van der Waals surface area contributed by atoms with Crippen molar-refractivity contribution in [2.45, 2.75) is 31.6 Å². The van der Waals surface area contributed by atoms with Crippen molar-refractivity contribution >= 4 is 70.4 Å². The van der Waals surface area contributed by atoms with Gasteiger partial charge in [0.05, 0.1) is 11.7 Å². The predicted molar refractivity (Wildman–Crippen MR) is 91.7 cm³/mol. The Hall–Kier alpha value is 0.480. The molecule has 0 saturated carbocycles. The van der Waals surface area contributed by atoms with Crippen molar-refractivity contribution < 1.29 is 0 Å². The number of hydrogen-bond donors (Lipinski definition) is 1. The minimum atomic E-state index is 0.386. The molecule has 1 aliphatic rings. The zero-order chi connectivity index (χ0) is 13.3. The average molecular weight is 457 g/mol. The number of nitrogens with one attached hydrogen (secondary N) is 1. The number of benzene rings is 1. The summed E-state index contributed by atoms with van der Waals surface area (Å²) >= 11 is 12.4. The second-order valence-electron chi connectivity index (χ2n) is 4.32. The van der Waals surface area contributed by atoms with E-state index in [1.807, 2.05) is 12.1 Å². The smallest absolute Gasteiger partial charge is 0.161 e. The van der Waals surface area contributed by atoms with Gasteiger partial charge in [0.2, 0.25) is 0 Å². The van der Waals surface area contributed by atoms with Gasteiger partial charge in [-0.2, -0.15) is 0 Å². The van der Waals surface area contributed by atoms with Gasteiger partial charge in [0.1, 0.15) is 0 Å². The van der Waals surface area contributed by atoms with E-state index in [1.165, 1.54) is 0 Å². The molecule has 1 aliphatic heterocycles. The molecule has 0 amide bonds. The quantitative estimate of drug-likeness (QED) is 0.590. The van der Waals surface area contributed by atoms with Gasteiger partial charge in [0.25, 0.3) is 0 Å². The van der Waals surface area contributed by atoms with E-state index in [-0.39, 0.29) is 0 Å². The molecule has 1 aromatic carbocycles. The number of hydrogen-bond acceptors (Lipinski definition) is 3. The fraction of sp³-hybridized carbons (Fsp3) is 0.417. The molecule has 2 nitrogen and oxygen atoms in total. The third-order valence-corrected chi connectivity index (χ3v) is 5.30. The first kappa shape index (κ1) is 14.9. The van der Waals surface area contributed by atoms with Crippen molar-refractivity contribution in [1.29, 1.82) is 0 Å². The van der Waals surface area contributed by atoms with Crippen molar-refractivity contribution in [2.75, 3.05) is 5.32 Å². The van der Waals surface area contributed by atoms with E-state index in [0.29, 0.717) is 11.3 Å². The Balaban J connectivity index is 2.24. The zero-order valence-corrected chi connectivity index (χ0v) is 15.6. The lowest BCUT2D eigenvalue weighted by atomic mass is 10.2. The van der Waals surface area contributed by atoms with Crippen LogP contribution in [-0.2, 0) is 0 Å². The summed E-state index contributed by atoms with van der Waals surface area (Å²) in [4.78, 5) is 4.65. The Bertz CT molecular complexity index is 467. The fourth-order valence-electron chi connectivity index (χ4n) is 1.83. The summed E-state index contributed by atoms with van der Waals surface area (Å²) in [5.41, 5.74) is 1.02. The minimum Gasteiger partial charge on any atom is -0.333 e. The molecule has 0 fully saturated rings. The van der Waals surface area contributed by atoms with Crippen LogP contribution in [0.4, 0.5) is 5.69 Å². The van der Waals surface area contributed by atoms with Crippen LogP contribution < -0.4 is 5.32 Å². The molecule has 0 spiro atoms. The molecule has 6 heteroatoms. The Morgan fingerprint density at radius 2 is 1.83 bits per heavy atom. The molecule has 1 N–H and O–H groups in total. The Kier molecular flexibility index (Phi) is 5.20. The molecule has 0 radical (unpaired) electrons. The lowest BCUT2D eigenvalue weighted by Gasteiger charge is -2.23. The number of amidine groups is 1. The molecule has 0 bridgehead atoms. The van der Waals surface area contributed by atoms with Crippen LogP contribution in [0.25, 0.3) is 0 Å². The second-order valence-corrected chi connectivity index (χ2v) is 8.37. The number of anilines is 1. The third kappa shape index (κ3) is 3.74. The monoisotopic (exact) mass is 454 g/mol. The molecule has 0 aromatic heterocycles. The van der Waals surface area contributed by atoms with E-state index in [1.54, 1.807) is 11.8 Å². The zero-order valence-electron chi connectivity index (χ0n) is 10.0. The Morgan fingerprint density at radius 3 is 2.39 bits per heavy atom. The van der Waals surface area contributed by atoms with Crippen LogP contribution in [0.15, 0.2) is 30.5 Å². The SMILES string of the molecule is CC1CC(C)SC(Nc2c(Br)cc(Br)cc2Br)=N1. The van der Waals surface area contributed by atoms with Gasteiger partial charge < -0.3 is 5.32 Å². The van der Waals surface area contributed by atoms with Crippen molar-refractivity contribution in [3.8, 4) is 0 Å². The Labute approximate surface area is 137 Å². The van der Waals surface area contributed by atoms with Gasteiger partial charge in [0.15, 0.2) is 5.17 Å². The van der Waals surface area contributed by atoms with Gasteiger partial charge >= 0.3 is 0 Å².